The predicted molar refractivity (Wildman–Crippen MR) is 109 cm³/mol. The van der Waals surface area contributed by atoms with Crippen molar-refractivity contribution in [3.05, 3.63) is 53.1 Å². The number of Topliss-reactive ketones (excluding diaryl/α,β-unsaturated/α-hetero) is 3. The Balaban J connectivity index is 0.000000514. The maximum atomic E-state index is 11.2. The second kappa shape index (κ2) is 11.5. The summed E-state index contributed by atoms with van der Waals surface area (Å²) in [7, 11) is 4.82. The van der Waals surface area contributed by atoms with E-state index >= 15 is 0 Å². The maximum absolute atomic E-state index is 11.2. The molecule has 6 nitrogen and oxygen atoms in total. The van der Waals surface area contributed by atoms with E-state index in [9.17, 15) is 14.4 Å². The summed E-state index contributed by atoms with van der Waals surface area (Å²) in [5, 5.41) is 0. The standard InChI is InChI=1S/C12H12O3.C9H12O3.CH4/c1-7(13)10-4-11(8(2)14)6-12(5-10)9(3)15;1-10-7-4-8(11-2)6-9(5-7)12-3;/h4-6H,1-3H3;4-6H,1-3H3;1H4. The average molecular weight is 388 g/mol. The highest BCUT2D eigenvalue weighted by atomic mass is 16.5. The lowest BCUT2D eigenvalue weighted by atomic mass is 10.00. The SMILES string of the molecule is C.CC(=O)c1cc(C(C)=O)cc(C(C)=O)c1.COc1cc(OC)cc(OC)c1. The molecule has 2 rings (SSSR count). The zero-order valence-corrected chi connectivity index (χ0v) is 16.4. The van der Waals surface area contributed by atoms with E-state index in [1.807, 2.05) is 0 Å². The normalized spacial score (nSPS) is 9.21. The number of hydrogen-bond donors (Lipinski definition) is 0. The van der Waals surface area contributed by atoms with Crippen LogP contribution in [0.15, 0.2) is 36.4 Å². The molecular formula is C22H28O6. The summed E-state index contributed by atoms with van der Waals surface area (Å²) < 4.78 is 15.1. The van der Waals surface area contributed by atoms with E-state index in [0.29, 0.717) is 16.7 Å². The van der Waals surface area contributed by atoms with Crippen molar-refractivity contribution in [3.8, 4) is 17.2 Å². The van der Waals surface area contributed by atoms with Gasteiger partial charge < -0.3 is 14.2 Å². The summed E-state index contributed by atoms with van der Waals surface area (Å²) >= 11 is 0. The molecule has 0 heterocycles. The molecule has 0 aliphatic heterocycles. The van der Waals surface area contributed by atoms with Gasteiger partial charge in [0.2, 0.25) is 0 Å². The van der Waals surface area contributed by atoms with Gasteiger partial charge in [-0.25, -0.2) is 0 Å². The fourth-order valence-electron chi connectivity index (χ4n) is 2.14. The highest BCUT2D eigenvalue weighted by molar-refractivity contribution is 6.04. The first-order chi connectivity index (χ1) is 12.7. The molecular weight excluding hydrogens is 360 g/mol. The van der Waals surface area contributed by atoms with Gasteiger partial charge in [-0.3, -0.25) is 14.4 Å². The van der Waals surface area contributed by atoms with Crippen molar-refractivity contribution in [2.45, 2.75) is 28.2 Å². The van der Waals surface area contributed by atoms with Crippen molar-refractivity contribution in [1.82, 2.24) is 0 Å². The molecule has 0 spiro atoms. The van der Waals surface area contributed by atoms with Gasteiger partial charge in [0.05, 0.1) is 21.3 Å². The van der Waals surface area contributed by atoms with Crippen LogP contribution in [-0.4, -0.2) is 38.7 Å². The predicted octanol–water partition coefficient (Wildman–Crippen LogP) is 4.64. The van der Waals surface area contributed by atoms with Crippen LogP contribution in [0, 0.1) is 0 Å². The zero-order valence-electron chi connectivity index (χ0n) is 16.4. The molecule has 152 valence electrons. The van der Waals surface area contributed by atoms with Gasteiger partial charge in [-0.2, -0.15) is 0 Å². The third-order valence-electron chi connectivity index (χ3n) is 3.71. The first-order valence-electron chi connectivity index (χ1n) is 8.16. The summed E-state index contributed by atoms with van der Waals surface area (Å²) in [5.74, 6) is 1.73. The monoisotopic (exact) mass is 388 g/mol. The molecule has 28 heavy (non-hydrogen) atoms. The molecule has 0 saturated heterocycles. The van der Waals surface area contributed by atoms with E-state index < -0.39 is 0 Å². The lowest BCUT2D eigenvalue weighted by Gasteiger charge is -2.06. The summed E-state index contributed by atoms with van der Waals surface area (Å²) in [6.07, 6.45) is 0. The summed E-state index contributed by atoms with van der Waals surface area (Å²) in [5.41, 5.74) is 1.19. The first kappa shape index (κ1) is 24.8. The van der Waals surface area contributed by atoms with Gasteiger partial charge in [-0.15, -0.1) is 0 Å². The number of carbonyl (C=O) groups excluding carboxylic acids is 3. The summed E-state index contributed by atoms with van der Waals surface area (Å²) in [4.78, 5) is 33.5. The minimum Gasteiger partial charge on any atom is -0.496 e. The Bertz CT molecular complexity index is 705. The van der Waals surface area contributed by atoms with Crippen LogP contribution in [0.1, 0.15) is 59.3 Å². The Morgan fingerprint density at radius 1 is 0.536 bits per heavy atom. The van der Waals surface area contributed by atoms with Crippen LogP contribution in [0.5, 0.6) is 17.2 Å². The molecule has 0 aliphatic rings. The van der Waals surface area contributed by atoms with E-state index in [1.54, 1.807) is 39.5 Å². The Kier molecular flexibility index (Phi) is 10.2. The van der Waals surface area contributed by atoms with E-state index in [2.05, 4.69) is 0 Å². The average Bonchev–Trinajstić information content (AvgIpc) is 2.67. The van der Waals surface area contributed by atoms with Crippen molar-refractivity contribution in [3.63, 3.8) is 0 Å². The molecule has 0 atom stereocenters. The molecule has 0 aromatic heterocycles. The van der Waals surface area contributed by atoms with Crippen molar-refractivity contribution in [2.24, 2.45) is 0 Å². The van der Waals surface area contributed by atoms with Gasteiger partial charge in [0.1, 0.15) is 17.2 Å². The Hall–Kier alpha value is -3.15. The molecule has 0 N–H and O–H groups in total. The molecule has 6 heteroatoms. The van der Waals surface area contributed by atoms with Crippen LogP contribution in [0.25, 0.3) is 0 Å². The van der Waals surface area contributed by atoms with Crippen LogP contribution in [-0.2, 0) is 0 Å². The van der Waals surface area contributed by atoms with Crippen molar-refractivity contribution in [2.75, 3.05) is 21.3 Å². The van der Waals surface area contributed by atoms with Crippen LogP contribution >= 0.6 is 0 Å². The second-order valence-corrected chi connectivity index (χ2v) is 5.72. The molecule has 0 amide bonds. The zero-order chi connectivity index (χ0) is 20.6. The van der Waals surface area contributed by atoms with Crippen molar-refractivity contribution < 1.29 is 28.6 Å². The largest absolute Gasteiger partial charge is 0.496 e. The third-order valence-corrected chi connectivity index (χ3v) is 3.71. The number of ether oxygens (including phenoxy) is 3. The number of methoxy groups -OCH3 is 3. The molecule has 2 aromatic carbocycles. The number of benzene rings is 2. The highest BCUT2D eigenvalue weighted by Crippen LogP contribution is 2.26. The minimum absolute atomic E-state index is 0. The third kappa shape index (κ3) is 7.23. The van der Waals surface area contributed by atoms with E-state index in [4.69, 9.17) is 14.2 Å². The Labute approximate surface area is 166 Å². The minimum atomic E-state index is -0.152. The Morgan fingerprint density at radius 3 is 0.893 bits per heavy atom. The highest BCUT2D eigenvalue weighted by Gasteiger charge is 2.09. The number of ketones is 3. The van der Waals surface area contributed by atoms with Crippen molar-refractivity contribution in [1.29, 1.82) is 0 Å². The Morgan fingerprint density at radius 2 is 0.750 bits per heavy atom. The molecule has 2 aromatic rings. The molecule has 0 saturated carbocycles. The van der Waals surface area contributed by atoms with Gasteiger partial charge in [-0.1, -0.05) is 7.43 Å². The molecule has 0 aliphatic carbocycles. The summed E-state index contributed by atoms with van der Waals surface area (Å²) in [6.45, 7) is 4.22. The quantitative estimate of drug-likeness (QED) is 0.671. The molecule has 0 radical (unpaired) electrons. The van der Waals surface area contributed by atoms with Gasteiger partial charge in [0, 0.05) is 34.9 Å². The topological polar surface area (TPSA) is 78.9 Å². The van der Waals surface area contributed by atoms with E-state index in [0.717, 1.165) is 17.2 Å². The molecule has 0 unspecified atom stereocenters. The second-order valence-electron chi connectivity index (χ2n) is 5.72. The molecule has 0 fully saturated rings. The van der Waals surface area contributed by atoms with Crippen LogP contribution in [0.2, 0.25) is 0 Å². The maximum Gasteiger partial charge on any atom is 0.159 e. The first-order valence-corrected chi connectivity index (χ1v) is 8.16. The lowest BCUT2D eigenvalue weighted by molar-refractivity contribution is 0.101. The van der Waals surface area contributed by atoms with Crippen LogP contribution in [0.4, 0.5) is 0 Å². The fourth-order valence-corrected chi connectivity index (χ4v) is 2.14. The van der Waals surface area contributed by atoms with Crippen LogP contribution < -0.4 is 14.2 Å². The smallest absolute Gasteiger partial charge is 0.159 e. The molecule has 0 bridgehead atoms. The van der Waals surface area contributed by atoms with E-state index in [1.165, 1.54) is 39.0 Å². The fraction of sp³-hybridized carbons (Fsp3) is 0.318. The number of hydrogen-bond acceptors (Lipinski definition) is 6. The van der Waals surface area contributed by atoms with Crippen molar-refractivity contribution >= 4 is 17.3 Å². The number of rotatable bonds is 6. The van der Waals surface area contributed by atoms with E-state index in [-0.39, 0.29) is 24.8 Å². The summed E-state index contributed by atoms with van der Waals surface area (Å²) in [6, 6.07) is 9.92. The number of carbonyl (C=O) groups is 3. The lowest BCUT2D eigenvalue weighted by Crippen LogP contribution is -2.03. The van der Waals surface area contributed by atoms with Gasteiger partial charge in [0.25, 0.3) is 0 Å². The van der Waals surface area contributed by atoms with Gasteiger partial charge in [-0.05, 0) is 39.0 Å². The van der Waals surface area contributed by atoms with Gasteiger partial charge in [0.15, 0.2) is 17.3 Å². The van der Waals surface area contributed by atoms with Gasteiger partial charge >= 0.3 is 0 Å². The van der Waals surface area contributed by atoms with Crippen LogP contribution in [0.3, 0.4) is 0 Å².